The quantitative estimate of drug-likeness (QED) is 0.875. The standard InChI is InChI=1S/C18H28N2O/c1-4-13-8-10-15(11-9-13)18(2,3)20-17(21)16-7-5-6-14(16)12-19/h8-11,14,16H,4-7,12,19H2,1-3H3,(H,20,21)/t14-,16-/m1/s1. The summed E-state index contributed by atoms with van der Waals surface area (Å²) < 4.78 is 0. The van der Waals surface area contributed by atoms with Crippen molar-refractivity contribution in [3.8, 4) is 0 Å². The van der Waals surface area contributed by atoms with Gasteiger partial charge in [0.2, 0.25) is 5.91 Å². The zero-order valence-corrected chi connectivity index (χ0v) is 13.5. The van der Waals surface area contributed by atoms with Crippen LogP contribution < -0.4 is 11.1 Å². The summed E-state index contributed by atoms with van der Waals surface area (Å²) in [6.07, 6.45) is 4.21. The molecule has 0 aromatic heterocycles. The van der Waals surface area contributed by atoms with Gasteiger partial charge in [0.05, 0.1) is 5.54 Å². The highest BCUT2D eigenvalue weighted by atomic mass is 16.2. The number of nitrogens with two attached hydrogens (primary N) is 1. The molecule has 0 unspecified atom stereocenters. The van der Waals surface area contributed by atoms with E-state index >= 15 is 0 Å². The first-order chi connectivity index (χ1) is 9.97. The van der Waals surface area contributed by atoms with Gasteiger partial charge in [0.1, 0.15) is 0 Å². The predicted octanol–water partition coefficient (Wildman–Crippen LogP) is 2.98. The molecule has 1 fully saturated rings. The Balaban J connectivity index is 2.07. The van der Waals surface area contributed by atoms with Crippen LogP contribution in [-0.4, -0.2) is 12.5 Å². The minimum Gasteiger partial charge on any atom is -0.347 e. The van der Waals surface area contributed by atoms with Gasteiger partial charge in [-0.25, -0.2) is 0 Å². The Labute approximate surface area is 128 Å². The van der Waals surface area contributed by atoms with Crippen LogP contribution in [0.3, 0.4) is 0 Å². The molecule has 1 saturated carbocycles. The third-order valence-corrected chi connectivity index (χ3v) is 4.82. The van der Waals surface area contributed by atoms with Crippen LogP contribution in [0.4, 0.5) is 0 Å². The molecule has 3 N–H and O–H groups in total. The van der Waals surface area contributed by atoms with E-state index in [1.807, 2.05) is 0 Å². The second-order valence-corrected chi connectivity index (χ2v) is 6.70. The maximum absolute atomic E-state index is 12.6. The van der Waals surface area contributed by atoms with E-state index in [1.54, 1.807) is 0 Å². The first kappa shape index (κ1) is 16.0. The normalized spacial score (nSPS) is 22.3. The van der Waals surface area contributed by atoms with Gasteiger partial charge in [0.25, 0.3) is 0 Å². The lowest BCUT2D eigenvalue weighted by molar-refractivity contribution is -0.127. The number of nitrogens with one attached hydrogen (secondary N) is 1. The minimum atomic E-state index is -0.342. The van der Waals surface area contributed by atoms with Gasteiger partial charge < -0.3 is 11.1 Å². The average Bonchev–Trinajstić information content (AvgIpc) is 2.95. The summed E-state index contributed by atoms with van der Waals surface area (Å²) in [6.45, 7) is 6.90. The van der Waals surface area contributed by atoms with Gasteiger partial charge in [0, 0.05) is 5.92 Å². The summed E-state index contributed by atoms with van der Waals surface area (Å²) in [5, 5.41) is 3.22. The van der Waals surface area contributed by atoms with E-state index in [0.29, 0.717) is 12.5 Å². The number of benzene rings is 1. The third-order valence-electron chi connectivity index (χ3n) is 4.82. The maximum atomic E-state index is 12.6. The summed E-state index contributed by atoms with van der Waals surface area (Å²) in [7, 11) is 0. The molecule has 1 amide bonds. The second-order valence-electron chi connectivity index (χ2n) is 6.70. The Morgan fingerprint density at radius 2 is 1.95 bits per heavy atom. The molecule has 1 aliphatic rings. The molecular weight excluding hydrogens is 260 g/mol. The van der Waals surface area contributed by atoms with Crippen LogP contribution >= 0.6 is 0 Å². The van der Waals surface area contributed by atoms with Crippen molar-refractivity contribution >= 4 is 5.91 Å². The van der Waals surface area contributed by atoms with Crippen molar-refractivity contribution in [3.63, 3.8) is 0 Å². The van der Waals surface area contributed by atoms with Gasteiger partial charge in [-0.05, 0) is 56.7 Å². The predicted molar refractivity (Wildman–Crippen MR) is 86.9 cm³/mol. The highest BCUT2D eigenvalue weighted by Crippen LogP contribution is 2.32. The Bertz CT molecular complexity index is 478. The number of aryl methyl sites for hydroxylation is 1. The van der Waals surface area contributed by atoms with Crippen molar-refractivity contribution in [2.45, 2.75) is 52.0 Å². The summed E-state index contributed by atoms with van der Waals surface area (Å²) in [4.78, 5) is 12.6. The van der Waals surface area contributed by atoms with Gasteiger partial charge in [-0.3, -0.25) is 4.79 Å². The van der Waals surface area contributed by atoms with Gasteiger partial charge in [-0.2, -0.15) is 0 Å². The van der Waals surface area contributed by atoms with E-state index in [1.165, 1.54) is 5.56 Å². The summed E-state index contributed by atoms with van der Waals surface area (Å²) in [5.41, 5.74) is 7.91. The minimum absolute atomic E-state index is 0.0872. The van der Waals surface area contributed by atoms with E-state index in [0.717, 1.165) is 31.2 Å². The monoisotopic (exact) mass is 288 g/mol. The molecule has 2 rings (SSSR count). The molecule has 0 spiro atoms. The van der Waals surface area contributed by atoms with E-state index < -0.39 is 0 Å². The SMILES string of the molecule is CCc1ccc(C(C)(C)NC(=O)[C@@H]2CCC[C@@H]2CN)cc1. The highest BCUT2D eigenvalue weighted by molar-refractivity contribution is 5.80. The molecule has 0 heterocycles. The molecule has 116 valence electrons. The lowest BCUT2D eigenvalue weighted by Gasteiger charge is -2.30. The van der Waals surface area contributed by atoms with Gasteiger partial charge in [-0.15, -0.1) is 0 Å². The van der Waals surface area contributed by atoms with Crippen LogP contribution in [0.25, 0.3) is 0 Å². The molecule has 2 atom stereocenters. The molecule has 1 aliphatic carbocycles. The molecule has 3 nitrogen and oxygen atoms in total. The third kappa shape index (κ3) is 3.65. The maximum Gasteiger partial charge on any atom is 0.224 e. The van der Waals surface area contributed by atoms with Crippen molar-refractivity contribution in [1.29, 1.82) is 0 Å². The largest absolute Gasteiger partial charge is 0.347 e. The fourth-order valence-corrected chi connectivity index (χ4v) is 3.29. The van der Waals surface area contributed by atoms with Crippen molar-refractivity contribution in [2.24, 2.45) is 17.6 Å². The lowest BCUT2D eigenvalue weighted by atomic mass is 9.90. The zero-order chi connectivity index (χ0) is 15.5. The number of hydrogen-bond acceptors (Lipinski definition) is 2. The Hall–Kier alpha value is -1.35. The first-order valence-electron chi connectivity index (χ1n) is 8.09. The summed E-state index contributed by atoms with van der Waals surface area (Å²) in [6, 6.07) is 8.52. The Morgan fingerprint density at radius 1 is 1.29 bits per heavy atom. The fourth-order valence-electron chi connectivity index (χ4n) is 3.29. The smallest absolute Gasteiger partial charge is 0.224 e. The van der Waals surface area contributed by atoms with E-state index in [2.05, 4.69) is 50.4 Å². The summed E-state index contributed by atoms with van der Waals surface area (Å²) >= 11 is 0. The molecule has 1 aromatic carbocycles. The Kier molecular flexibility index (Phi) is 5.04. The Morgan fingerprint density at radius 3 is 2.52 bits per heavy atom. The van der Waals surface area contributed by atoms with Crippen LogP contribution in [0.1, 0.15) is 51.2 Å². The molecule has 3 heteroatoms. The number of rotatable bonds is 5. The van der Waals surface area contributed by atoms with Crippen LogP contribution in [-0.2, 0) is 16.8 Å². The molecule has 0 bridgehead atoms. The zero-order valence-electron chi connectivity index (χ0n) is 13.5. The first-order valence-corrected chi connectivity index (χ1v) is 8.09. The second kappa shape index (κ2) is 6.61. The fraction of sp³-hybridized carbons (Fsp3) is 0.611. The van der Waals surface area contributed by atoms with Crippen LogP contribution in [0.15, 0.2) is 24.3 Å². The van der Waals surface area contributed by atoms with E-state index in [-0.39, 0.29) is 17.4 Å². The number of carbonyl (C=O) groups excluding carboxylic acids is 1. The molecule has 1 aromatic rings. The number of amides is 1. The number of hydrogen-bond donors (Lipinski definition) is 2. The highest BCUT2D eigenvalue weighted by Gasteiger charge is 2.34. The van der Waals surface area contributed by atoms with Gasteiger partial charge in [0.15, 0.2) is 0 Å². The molecule has 0 radical (unpaired) electrons. The van der Waals surface area contributed by atoms with E-state index in [4.69, 9.17) is 5.73 Å². The number of carbonyl (C=O) groups is 1. The molecule has 0 aliphatic heterocycles. The van der Waals surface area contributed by atoms with Crippen LogP contribution in [0.2, 0.25) is 0 Å². The topological polar surface area (TPSA) is 55.1 Å². The molecule has 21 heavy (non-hydrogen) atoms. The summed E-state index contributed by atoms with van der Waals surface area (Å²) in [5.74, 6) is 0.597. The van der Waals surface area contributed by atoms with Gasteiger partial charge in [-0.1, -0.05) is 37.6 Å². The van der Waals surface area contributed by atoms with Crippen LogP contribution in [0, 0.1) is 11.8 Å². The lowest BCUT2D eigenvalue weighted by Crippen LogP contribution is -2.45. The van der Waals surface area contributed by atoms with Crippen molar-refractivity contribution in [1.82, 2.24) is 5.32 Å². The van der Waals surface area contributed by atoms with Crippen molar-refractivity contribution in [3.05, 3.63) is 35.4 Å². The average molecular weight is 288 g/mol. The molecular formula is C18H28N2O. The van der Waals surface area contributed by atoms with Crippen molar-refractivity contribution < 1.29 is 4.79 Å². The van der Waals surface area contributed by atoms with Gasteiger partial charge >= 0.3 is 0 Å². The van der Waals surface area contributed by atoms with Crippen molar-refractivity contribution in [2.75, 3.05) is 6.54 Å². The van der Waals surface area contributed by atoms with E-state index in [9.17, 15) is 4.79 Å². The van der Waals surface area contributed by atoms with Crippen LogP contribution in [0.5, 0.6) is 0 Å². The molecule has 0 saturated heterocycles.